The highest BCUT2D eigenvalue weighted by molar-refractivity contribution is 5.70. The smallest absolute Gasteiger partial charge is 0.306 e. The summed E-state index contributed by atoms with van der Waals surface area (Å²) in [7, 11) is 0. The van der Waals surface area contributed by atoms with Gasteiger partial charge in [0.25, 0.3) is 0 Å². The number of ether oxygens (including phenoxy) is 2. The van der Waals surface area contributed by atoms with Crippen LogP contribution >= 0.6 is 0 Å². The molecule has 0 aromatic heterocycles. The first kappa shape index (κ1) is 23.7. The van der Waals surface area contributed by atoms with Crippen molar-refractivity contribution >= 4 is 5.97 Å². The Hall–Kier alpha value is -0.690. The number of fused-ring (bicyclic) bond motifs is 7. The van der Waals surface area contributed by atoms with Crippen LogP contribution in [0.4, 0.5) is 0 Å². The summed E-state index contributed by atoms with van der Waals surface area (Å²) in [6.07, 6.45) is 5.21. The molecule has 6 fully saturated rings. The lowest BCUT2D eigenvalue weighted by atomic mass is 9.46. The molecule has 6 aliphatic rings. The number of aliphatic carboxylic acids is 1. The first-order chi connectivity index (χ1) is 15.7. The van der Waals surface area contributed by atoms with Crippen LogP contribution in [0.1, 0.15) is 86.5 Å². The average molecular weight is 477 g/mol. The summed E-state index contributed by atoms with van der Waals surface area (Å²) in [6, 6.07) is 0. The molecule has 2 saturated heterocycles. The van der Waals surface area contributed by atoms with Crippen LogP contribution in [-0.4, -0.2) is 50.5 Å². The highest BCUT2D eigenvalue weighted by atomic mass is 16.7. The Morgan fingerprint density at radius 1 is 0.971 bits per heavy atom. The molecule has 2 aliphatic heterocycles. The van der Waals surface area contributed by atoms with E-state index in [1.165, 1.54) is 0 Å². The maximum atomic E-state index is 12.2. The molecule has 6 heteroatoms. The average Bonchev–Trinajstić information content (AvgIpc) is 3.33. The van der Waals surface area contributed by atoms with E-state index < -0.39 is 23.5 Å². The normalized spacial score (nSPS) is 61.7. The summed E-state index contributed by atoms with van der Waals surface area (Å²) in [5, 5.41) is 33.6. The lowest BCUT2D eigenvalue weighted by Crippen LogP contribution is -2.61. The van der Waals surface area contributed by atoms with Crippen molar-refractivity contribution in [3.05, 3.63) is 0 Å². The zero-order valence-electron chi connectivity index (χ0n) is 21.7. The van der Waals surface area contributed by atoms with E-state index in [1.807, 2.05) is 6.92 Å². The van der Waals surface area contributed by atoms with Crippen molar-refractivity contribution in [3.8, 4) is 0 Å². The molecule has 6 rings (SSSR count). The molecule has 6 nitrogen and oxygen atoms in total. The number of carbonyl (C=O) groups is 1. The van der Waals surface area contributed by atoms with Crippen molar-refractivity contribution in [1.29, 1.82) is 0 Å². The third-order valence-corrected chi connectivity index (χ3v) is 12.5. The second kappa shape index (κ2) is 6.79. The second-order valence-corrected chi connectivity index (χ2v) is 14.4. The van der Waals surface area contributed by atoms with E-state index in [1.54, 1.807) is 0 Å². The third-order valence-electron chi connectivity index (χ3n) is 12.5. The summed E-state index contributed by atoms with van der Waals surface area (Å²) >= 11 is 0. The number of carboxylic acids is 1. The van der Waals surface area contributed by atoms with Gasteiger partial charge in [0.1, 0.15) is 5.60 Å². The van der Waals surface area contributed by atoms with Gasteiger partial charge in [-0.05, 0) is 99.7 Å². The van der Waals surface area contributed by atoms with Gasteiger partial charge >= 0.3 is 5.97 Å². The highest BCUT2D eigenvalue weighted by Crippen LogP contribution is 2.73. The number of aliphatic hydroxyl groups is 2. The van der Waals surface area contributed by atoms with Crippen LogP contribution < -0.4 is 0 Å². The number of hydrogen-bond donors (Lipinski definition) is 3. The fraction of sp³-hybridized carbons (Fsp3) is 0.964. The monoisotopic (exact) mass is 476 g/mol. The van der Waals surface area contributed by atoms with E-state index in [2.05, 4.69) is 34.6 Å². The predicted molar refractivity (Wildman–Crippen MR) is 126 cm³/mol. The fourth-order valence-electron chi connectivity index (χ4n) is 10.8. The Morgan fingerprint density at radius 3 is 2.29 bits per heavy atom. The number of rotatable bonds is 1. The second-order valence-electron chi connectivity index (χ2n) is 14.4. The molecule has 13 atom stereocenters. The molecular weight excluding hydrogens is 432 g/mol. The maximum Gasteiger partial charge on any atom is 0.306 e. The Labute approximate surface area is 203 Å². The SMILES string of the molecule is CC1CC2(OC3CC4C5CCC6CC(C(=O)O)CC6(C)C5C(O)CC4(C)C3C2(C)O)OC1(C)C. The lowest BCUT2D eigenvalue weighted by Gasteiger charge is -2.60. The van der Waals surface area contributed by atoms with Crippen LogP contribution in [0.25, 0.3) is 0 Å². The molecule has 1 spiro atoms. The van der Waals surface area contributed by atoms with Gasteiger partial charge in [0.15, 0.2) is 5.79 Å². The van der Waals surface area contributed by atoms with E-state index in [0.29, 0.717) is 37.0 Å². The summed E-state index contributed by atoms with van der Waals surface area (Å²) < 4.78 is 13.3. The first-order valence-electron chi connectivity index (χ1n) is 13.7. The van der Waals surface area contributed by atoms with Gasteiger partial charge in [-0.3, -0.25) is 4.79 Å². The lowest BCUT2D eigenvalue weighted by molar-refractivity contribution is -0.300. The molecule has 0 radical (unpaired) electrons. The van der Waals surface area contributed by atoms with Crippen LogP contribution in [-0.2, 0) is 14.3 Å². The molecule has 0 amide bonds. The topological polar surface area (TPSA) is 96.2 Å². The quantitative estimate of drug-likeness (QED) is 0.524. The molecule has 0 aromatic rings. The van der Waals surface area contributed by atoms with Gasteiger partial charge in [-0.2, -0.15) is 0 Å². The molecular formula is C28H44O6. The molecule has 0 aromatic carbocycles. The van der Waals surface area contributed by atoms with Crippen molar-refractivity contribution in [3.63, 3.8) is 0 Å². The van der Waals surface area contributed by atoms with Crippen LogP contribution in [0.15, 0.2) is 0 Å². The van der Waals surface area contributed by atoms with E-state index in [4.69, 9.17) is 9.47 Å². The zero-order chi connectivity index (χ0) is 24.6. The van der Waals surface area contributed by atoms with Crippen molar-refractivity contribution in [2.45, 2.75) is 116 Å². The summed E-state index contributed by atoms with van der Waals surface area (Å²) in [5.41, 5.74) is -1.83. The third kappa shape index (κ3) is 2.70. The van der Waals surface area contributed by atoms with Gasteiger partial charge < -0.3 is 24.8 Å². The standard InChI is InChI=1S/C28H44O6/c1-14-11-28(34-24(14,2)3)27(6,32)22-20(33-28)10-18-17-8-7-16-9-15(23(30)31)12-25(16,4)21(17)19(29)13-26(18,22)5/h14-22,29,32H,7-13H2,1-6H3,(H,30,31). The molecule has 0 bridgehead atoms. The zero-order valence-corrected chi connectivity index (χ0v) is 21.7. The van der Waals surface area contributed by atoms with Gasteiger partial charge in [-0.15, -0.1) is 0 Å². The minimum atomic E-state index is -1.13. The molecule has 2 heterocycles. The highest BCUT2D eigenvalue weighted by Gasteiger charge is 2.77. The summed E-state index contributed by atoms with van der Waals surface area (Å²) in [4.78, 5) is 11.8. The van der Waals surface area contributed by atoms with Crippen LogP contribution in [0.5, 0.6) is 0 Å². The first-order valence-corrected chi connectivity index (χ1v) is 13.7. The van der Waals surface area contributed by atoms with E-state index in [0.717, 1.165) is 25.7 Å². The minimum Gasteiger partial charge on any atom is -0.481 e. The van der Waals surface area contributed by atoms with Gasteiger partial charge in [-0.25, -0.2) is 0 Å². The molecule has 4 aliphatic carbocycles. The van der Waals surface area contributed by atoms with Crippen LogP contribution in [0.3, 0.4) is 0 Å². The molecule has 192 valence electrons. The van der Waals surface area contributed by atoms with Crippen LogP contribution in [0, 0.1) is 52.3 Å². The van der Waals surface area contributed by atoms with Crippen molar-refractivity contribution in [2.24, 2.45) is 52.3 Å². The van der Waals surface area contributed by atoms with E-state index in [9.17, 15) is 20.1 Å². The molecule has 4 saturated carbocycles. The number of aliphatic hydroxyl groups excluding tert-OH is 1. The van der Waals surface area contributed by atoms with Crippen LogP contribution in [0.2, 0.25) is 0 Å². The van der Waals surface area contributed by atoms with E-state index in [-0.39, 0.29) is 46.2 Å². The Morgan fingerprint density at radius 2 is 1.68 bits per heavy atom. The van der Waals surface area contributed by atoms with Crippen molar-refractivity contribution in [1.82, 2.24) is 0 Å². The number of hydrogen-bond acceptors (Lipinski definition) is 5. The van der Waals surface area contributed by atoms with Gasteiger partial charge in [-0.1, -0.05) is 20.8 Å². The summed E-state index contributed by atoms with van der Waals surface area (Å²) in [6.45, 7) is 12.8. The van der Waals surface area contributed by atoms with Gasteiger partial charge in [0.2, 0.25) is 0 Å². The molecule has 13 unspecified atom stereocenters. The van der Waals surface area contributed by atoms with Crippen molar-refractivity contribution in [2.75, 3.05) is 0 Å². The van der Waals surface area contributed by atoms with Crippen molar-refractivity contribution < 1.29 is 29.6 Å². The Balaban J connectivity index is 1.33. The molecule has 34 heavy (non-hydrogen) atoms. The maximum absolute atomic E-state index is 12.2. The van der Waals surface area contributed by atoms with Gasteiger partial charge in [0.05, 0.1) is 23.7 Å². The molecule has 3 N–H and O–H groups in total. The van der Waals surface area contributed by atoms with Gasteiger partial charge in [0, 0.05) is 12.3 Å². The fourth-order valence-corrected chi connectivity index (χ4v) is 10.8. The number of carboxylic acid groups (broad SMARTS) is 1. The largest absolute Gasteiger partial charge is 0.481 e. The predicted octanol–water partition coefficient (Wildman–Crippen LogP) is 4.22. The Kier molecular flexibility index (Phi) is 4.73. The minimum absolute atomic E-state index is 0.0714. The summed E-state index contributed by atoms with van der Waals surface area (Å²) in [5.74, 6) is -0.514. The van der Waals surface area contributed by atoms with E-state index >= 15 is 0 Å². The Bertz CT molecular complexity index is 899.